The van der Waals surface area contributed by atoms with Crippen molar-refractivity contribution in [3.8, 4) is 6.07 Å². The molecule has 2 heterocycles. The van der Waals surface area contributed by atoms with Gasteiger partial charge in [-0.3, -0.25) is 10.00 Å². The maximum absolute atomic E-state index is 9.05. The Hall–Kier alpha value is -2.16. The number of aryl methyl sites for hydroxylation is 2. The SMILES string of the molecule is Cc1n[nH]c(C)c1[C@@H]1COCCN1Cc1cccc(C#N)c1. The van der Waals surface area contributed by atoms with Gasteiger partial charge in [-0.25, -0.2) is 0 Å². The second-order valence-electron chi connectivity index (χ2n) is 5.72. The number of benzene rings is 1. The van der Waals surface area contributed by atoms with Gasteiger partial charge in [0.2, 0.25) is 0 Å². The van der Waals surface area contributed by atoms with E-state index >= 15 is 0 Å². The summed E-state index contributed by atoms with van der Waals surface area (Å²) < 4.78 is 5.69. The fourth-order valence-corrected chi connectivity index (χ4v) is 3.12. The van der Waals surface area contributed by atoms with Crippen LogP contribution in [-0.2, 0) is 11.3 Å². The molecule has 114 valence electrons. The van der Waals surface area contributed by atoms with Gasteiger partial charge in [0.05, 0.1) is 36.6 Å². The molecule has 1 N–H and O–H groups in total. The van der Waals surface area contributed by atoms with Crippen LogP contribution in [0.25, 0.3) is 0 Å². The van der Waals surface area contributed by atoms with Crippen molar-refractivity contribution in [2.24, 2.45) is 0 Å². The van der Waals surface area contributed by atoms with Crippen molar-refractivity contribution in [1.29, 1.82) is 5.26 Å². The molecule has 1 aromatic carbocycles. The van der Waals surface area contributed by atoms with E-state index < -0.39 is 0 Å². The number of nitriles is 1. The molecule has 0 amide bonds. The standard InChI is InChI=1S/C17H20N4O/c1-12-17(13(2)20-19-12)16-11-22-7-6-21(16)10-15-5-3-4-14(8-15)9-18/h3-5,8,16H,6-7,10-11H2,1-2H3,(H,19,20)/t16-/m0/s1. The molecule has 0 radical (unpaired) electrons. The number of hydrogen-bond acceptors (Lipinski definition) is 4. The van der Waals surface area contributed by atoms with Crippen LogP contribution in [0.15, 0.2) is 24.3 Å². The van der Waals surface area contributed by atoms with E-state index in [0.717, 1.165) is 36.6 Å². The quantitative estimate of drug-likeness (QED) is 0.945. The van der Waals surface area contributed by atoms with Crippen molar-refractivity contribution in [2.75, 3.05) is 19.8 Å². The number of H-pyrrole nitrogens is 1. The lowest BCUT2D eigenvalue weighted by molar-refractivity contribution is -0.0131. The third kappa shape index (κ3) is 2.89. The Kier molecular flexibility index (Phi) is 4.23. The summed E-state index contributed by atoms with van der Waals surface area (Å²) in [5, 5.41) is 16.4. The Balaban J connectivity index is 1.85. The zero-order valence-electron chi connectivity index (χ0n) is 13.0. The molecule has 1 saturated heterocycles. The average Bonchev–Trinajstić information content (AvgIpc) is 2.87. The lowest BCUT2D eigenvalue weighted by Gasteiger charge is -2.36. The summed E-state index contributed by atoms with van der Waals surface area (Å²) >= 11 is 0. The molecular formula is C17H20N4O. The zero-order chi connectivity index (χ0) is 15.5. The molecule has 1 aromatic heterocycles. The van der Waals surface area contributed by atoms with E-state index in [-0.39, 0.29) is 6.04 Å². The second kappa shape index (κ2) is 6.30. The van der Waals surface area contributed by atoms with Crippen molar-refractivity contribution in [2.45, 2.75) is 26.4 Å². The maximum atomic E-state index is 9.05. The average molecular weight is 296 g/mol. The molecule has 1 fully saturated rings. The number of aromatic amines is 1. The molecule has 2 aromatic rings. The lowest BCUT2D eigenvalue weighted by Crippen LogP contribution is -2.39. The molecule has 0 aliphatic carbocycles. The van der Waals surface area contributed by atoms with E-state index in [4.69, 9.17) is 10.00 Å². The van der Waals surface area contributed by atoms with Crippen molar-refractivity contribution in [1.82, 2.24) is 15.1 Å². The highest BCUT2D eigenvalue weighted by molar-refractivity contribution is 5.33. The Morgan fingerprint density at radius 1 is 1.45 bits per heavy atom. The maximum Gasteiger partial charge on any atom is 0.0991 e. The van der Waals surface area contributed by atoms with Gasteiger partial charge < -0.3 is 4.74 Å². The molecule has 22 heavy (non-hydrogen) atoms. The molecule has 3 rings (SSSR count). The van der Waals surface area contributed by atoms with Crippen molar-refractivity contribution in [3.05, 3.63) is 52.3 Å². The van der Waals surface area contributed by atoms with Gasteiger partial charge in [-0.2, -0.15) is 10.4 Å². The zero-order valence-corrected chi connectivity index (χ0v) is 13.0. The van der Waals surface area contributed by atoms with Gasteiger partial charge in [-0.15, -0.1) is 0 Å². The molecule has 1 aliphatic rings. The number of hydrogen-bond donors (Lipinski definition) is 1. The molecular weight excluding hydrogens is 276 g/mol. The van der Waals surface area contributed by atoms with Gasteiger partial charge in [0.1, 0.15) is 0 Å². The number of aromatic nitrogens is 2. The largest absolute Gasteiger partial charge is 0.378 e. The molecule has 0 saturated carbocycles. The number of ether oxygens (including phenoxy) is 1. The molecule has 1 aliphatic heterocycles. The number of morpholine rings is 1. The summed E-state index contributed by atoms with van der Waals surface area (Å²) in [6, 6.07) is 10.2. The van der Waals surface area contributed by atoms with Crippen LogP contribution in [0.3, 0.4) is 0 Å². The van der Waals surface area contributed by atoms with E-state index in [9.17, 15) is 0 Å². The summed E-state index contributed by atoms with van der Waals surface area (Å²) in [5.41, 5.74) is 5.23. The third-order valence-electron chi connectivity index (χ3n) is 4.20. The van der Waals surface area contributed by atoms with E-state index in [2.05, 4.69) is 34.2 Å². The summed E-state index contributed by atoms with van der Waals surface area (Å²) in [7, 11) is 0. The van der Waals surface area contributed by atoms with Crippen LogP contribution in [0.4, 0.5) is 0 Å². The molecule has 5 heteroatoms. The Morgan fingerprint density at radius 3 is 3.05 bits per heavy atom. The predicted molar refractivity (Wildman–Crippen MR) is 83.2 cm³/mol. The van der Waals surface area contributed by atoms with E-state index in [0.29, 0.717) is 12.2 Å². The second-order valence-corrected chi connectivity index (χ2v) is 5.72. The van der Waals surface area contributed by atoms with Crippen molar-refractivity contribution >= 4 is 0 Å². The lowest BCUT2D eigenvalue weighted by atomic mass is 10.0. The van der Waals surface area contributed by atoms with E-state index in [1.54, 1.807) is 0 Å². The minimum atomic E-state index is 0.207. The highest BCUT2D eigenvalue weighted by Gasteiger charge is 2.28. The van der Waals surface area contributed by atoms with Crippen LogP contribution in [0.5, 0.6) is 0 Å². The summed E-state index contributed by atoms with van der Waals surface area (Å²) in [5.74, 6) is 0. The molecule has 0 unspecified atom stereocenters. The first-order valence-corrected chi connectivity index (χ1v) is 7.51. The Morgan fingerprint density at radius 2 is 2.32 bits per heavy atom. The first kappa shape index (κ1) is 14.8. The van der Waals surface area contributed by atoms with Crippen molar-refractivity contribution in [3.63, 3.8) is 0 Å². The van der Waals surface area contributed by atoms with Gasteiger partial charge in [-0.05, 0) is 31.5 Å². The van der Waals surface area contributed by atoms with Gasteiger partial charge in [0.15, 0.2) is 0 Å². The van der Waals surface area contributed by atoms with Crippen LogP contribution in [0.1, 0.15) is 34.1 Å². The van der Waals surface area contributed by atoms with Gasteiger partial charge >= 0.3 is 0 Å². The monoisotopic (exact) mass is 296 g/mol. The van der Waals surface area contributed by atoms with Crippen LogP contribution in [0, 0.1) is 25.2 Å². The van der Waals surface area contributed by atoms with Gasteiger partial charge in [0, 0.05) is 24.3 Å². The first-order valence-electron chi connectivity index (χ1n) is 7.51. The minimum absolute atomic E-state index is 0.207. The highest BCUT2D eigenvalue weighted by Crippen LogP contribution is 2.29. The molecule has 0 bridgehead atoms. The van der Waals surface area contributed by atoms with Crippen LogP contribution in [0.2, 0.25) is 0 Å². The van der Waals surface area contributed by atoms with Gasteiger partial charge in [-0.1, -0.05) is 12.1 Å². The topological polar surface area (TPSA) is 64.9 Å². The van der Waals surface area contributed by atoms with Crippen molar-refractivity contribution < 1.29 is 4.74 Å². The molecule has 5 nitrogen and oxygen atoms in total. The Bertz CT molecular complexity index is 681. The number of nitrogens with zero attached hydrogens (tertiary/aromatic N) is 3. The van der Waals surface area contributed by atoms with Crippen LogP contribution >= 0.6 is 0 Å². The van der Waals surface area contributed by atoms with Gasteiger partial charge in [0.25, 0.3) is 0 Å². The minimum Gasteiger partial charge on any atom is -0.378 e. The number of nitrogens with one attached hydrogen (secondary N) is 1. The summed E-state index contributed by atoms with van der Waals surface area (Å²) in [4.78, 5) is 2.41. The van der Waals surface area contributed by atoms with Crippen LogP contribution < -0.4 is 0 Å². The molecule has 0 spiro atoms. The fourth-order valence-electron chi connectivity index (χ4n) is 3.12. The van der Waals surface area contributed by atoms with E-state index in [1.165, 1.54) is 5.56 Å². The normalized spacial score (nSPS) is 19.0. The summed E-state index contributed by atoms with van der Waals surface area (Å²) in [6.07, 6.45) is 0. The number of rotatable bonds is 3. The smallest absolute Gasteiger partial charge is 0.0991 e. The van der Waals surface area contributed by atoms with Crippen LogP contribution in [-0.4, -0.2) is 34.9 Å². The van der Waals surface area contributed by atoms with E-state index in [1.807, 2.05) is 25.1 Å². The third-order valence-corrected chi connectivity index (χ3v) is 4.20. The first-order chi connectivity index (χ1) is 10.7. The highest BCUT2D eigenvalue weighted by atomic mass is 16.5. The molecule has 1 atom stereocenters. The fraction of sp³-hybridized carbons (Fsp3) is 0.412. The predicted octanol–water partition coefficient (Wildman–Crippen LogP) is 2.47. The Labute approximate surface area is 130 Å². The summed E-state index contributed by atoms with van der Waals surface area (Å²) in [6.45, 7) is 7.20.